The lowest BCUT2D eigenvalue weighted by Gasteiger charge is -2.24. The third kappa shape index (κ3) is 3.24. The molecule has 2 atom stereocenters. The summed E-state index contributed by atoms with van der Waals surface area (Å²) in [6.07, 6.45) is 1.77. The van der Waals surface area contributed by atoms with Gasteiger partial charge in [0.15, 0.2) is 0 Å². The molecule has 0 saturated carbocycles. The third-order valence-corrected chi connectivity index (χ3v) is 3.48. The van der Waals surface area contributed by atoms with Crippen molar-refractivity contribution in [1.82, 2.24) is 0 Å². The molecule has 18 heavy (non-hydrogen) atoms. The minimum absolute atomic E-state index is 0.286. The summed E-state index contributed by atoms with van der Waals surface area (Å²) >= 11 is 0. The average molecular weight is 249 g/mol. The van der Waals surface area contributed by atoms with Crippen molar-refractivity contribution in [3.8, 4) is 0 Å². The van der Waals surface area contributed by atoms with Gasteiger partial charge in [-0.15, -0.1) is 0 Å². The van der Waals surface area contributed by atoms with Crippen LogP contribution in [0.5, 0.6) is 0 Å². The lowest BCUT2D eigenvalue weighted by molar-refractivity contribution is 0.0821. The highest BCUT2D eigenvalue weighted by Gasteiger charge is 2.15. The van der Waals surface area contributed by atoms with Crippen LogP contribution in [0.25, 0.3) is 0 Å². The number of ether oxygens (including phenoxy) is 1. The van der Waals surface area contributed by atoms with Crippen LogP contribution < -0.4 is 4.90 Å². The van der Waals surface area contributed by atoms with Gasteiger partial charge in [-0.2, -0.15) is 0 Å². The van der Waals surface area contributed by atoms with E-state index in [0.29, 0.717) is 0 Å². The van der Waals surface area contributed by atoms with Gasteiger partial charge in [-0.3, -0.25) is 0 Å². The summed E-state index contributed by atoms with van der Waals surface area (Å²) < 4.78 is 5.65. The maximum absolute atomic E-state index is 9.78. The summed E-state index contributed by atoms with van der Waals surface area (Å²) in [4.78, 5) is 2.36. The van der Waals surface area contributed by atoms with Crippen molar-refractivity contribution in [2.75, 3.05) is 24.6 Å². The molecule has 1 unspecified atom stereocenters. The molecule has 1 aliphatic heterocycles. The van der Waals surface area contributed by atoms with Crippen molar-refractivity contribution in [2.45, 2.75) is 38.9 Å². The monoisotopic (exact) mass is 249 g/mol. The van der Waals surface area contributed by atoms with Gasteiger partial charge in [0, 0.05) is 25.4 Å². The number of nitrogens with zero attached hydrogens (tertiary/aromatic N) is 1. The van der Waals surface area contributed by atoms with E-state index < -0.39 is 0 Å². The van der Waals surface area contributed by atoms with E-state index in [1.807, 2.05) is 19.1 Å². The van der Waals surface area contributed by atoms with Crippen LogP contribution in [0.2, 0.25) is 0 Å². The fourth-order valence-corrected chi connectivity index (χ4v) is 2.37. The third-order valence-electron chi connectivity index (χ3n) is 3.48. The van der Waals surface area contributed by atoms with Crippen LogP contribution in [0.4, 0.5) is 5.69 Å². The molecule has 1 aliphatic rings. The summed E-state index contributed by atoms with van der Waals surface area (Å²) in [6.45, 7) is 6.94. The van der Waals surface area contributed by atoms with Crippen LogP contribution in [-0.4, -0.2) is 30.9 Å². The molecule has 1 fully saturated rings. The van der Waals surface area contributed by atoms with Gasteiger partial charge in [0.25, 0.3) is 0 Å². The Hall–Kier alpha value is -1.06. The fourth-order valence-electron chi connectivity index (χ4n) is 2.37. The van der Waals surface area contributed by atoms with Crippen LogP contribution in [0, 0.1) is 0 Å². The highest BCUT2D eigenvalue weighted by Crippen LogP contribution is 2.22. The molecule has 3 nitrogen and oxygen atoms in total. The molecule has 0 bridgehead atoms. The molecule has 3 heteroatoms. The summed E-state index contributed by atoms with van der Waals surface area (Å²) in [5.41, 5.74) is 2.22. The first-order chi connectivity index (χ1) is 8.70. The van der Waals surface area contributed by atoms with Crippen LogP contribution >= 0.6 is 0 Å². The lowest BCUT2D eigenvalue weighted by atomic mass is 10.1. The fraction of sp³-hybridized carbons (Fsp3) is 0.600. The first-order valence-electron chi connectivity index (χ1n) is 6.85. The van der Waals surface area contributed by atoms with Gasteiger partial charge < -0.3 is 14.7 Å². The molecule has 0 spiro atoms. The molecule has 1 N–H and O–H groups in total. The van der Waals surface area contributed by atoms with Crippen molar-refractivity contribution in [1.29, 1.82) is 0 Å². The van der Waals surface area contributed by atoms with Crippen molar-refractivity contribution in [2.24, 2.45) is 0 Å². The predicted octanol–water partition coefficient (Wildman–Crippen LogP) is 2.75. The highest BCUT2D eigenvalue weighted by atomic mass is 16.5. The Balaban J connectivity index is 2.08. The number of hydrogen-bond acceptors (Lipinski definition) is 3. The van der Waals surface area contributed by atoms with Crippen molar-refractivity contribution < 1.29 is 9.84 Å². The molecule has 100 valence electrons. The first-order valence-corrected chi connectivity index (χ1v) is 6.85. The maximum Gasteiger partial charge on any atom is 0.0787 e. The molecule has 1 aromatic carbocycles. The number of aliphatic hydroxyl groups is 1. The summed E-state index contributed by atoms with van der Waals surface area (Å²) in [5.74, 6) is 0. The second kappa shape index (κ2) is 6.21. The van der Waals surface area contributed by atoms with Gasteiger partial charge in [0.1, 0.15) is 0 Å². The normalized spacial score (nSPS) is 22.6. The molecule has 0 radical (unpaired) electrons. The minimum atomic E-state index is -0.342. The number of aliphatic hydroxyl groups excluding tert-OH is 1. The topological polar surface area (TPSA) is 32.7 Å². The van der Waals surface area contributed by atoms with E-state index in [1.165, 1.54) is 5.69 Å². The summed E-state index contributed by atoms with van der Waals surface area (Å²) in [5, 5.41) is 9.78. The van der Waals surface area contributed by atoms with E-state index in [4.69, 9.17) is 4.74 Å². The van der Waals surface area contributed by atoms with E-state index in [-0.39, 0.29) is 12.2 Å². The van der Waals surface area contributed by atoms with E-state index in [0.717, 1.165) is 38.1 Å². The van der Waals surface area contributed by atoms with Crippen LogP contribution in [-0.2, 0) is 4.74 Å². The van der Waals surface area contributed by atoms with Gasteiger partial charge in [-0.25, -0.2) is 0 Å². The smallest absolute Gasteiger partial charge is 0.0787 e. The highest BCUT2D eigenvalue weighted by molar-refractivity contribution is 5.48. The standard InChI is InChI=1S/C15H23NO2/c1-3-15(17)13-5-7-14(8-6-13)16-9-4-10-18-12(2)11-16/h5-8,12,15,17H,3-4,9-11H2,1-2H3/t12?,15-/m0/s1. The molecular formula is C15H23NO2. The van der Waals surface area contributed by atoms with Crippen molar-refractivity contribution in [3.63, 3.8) is 0 Å². The number of hydrogen-bond donors (Lipinski definition) is 1. The van der Waals surface area contributed by atoms with Gasteiger partial charge in [-0.05, 0) is 37.5 Å². The zero-order valence-corrected chi connectivity index (χ0v) is 11.3. The Kier molecular flexibility index (Phi) is 4.61. The van der Waals surface area contributed by atoms with Crippen LogP contribution in [0.15, 0.2) is 24.3 Å². The largest absolute Gasteiger partial charge is 0.388 e. The van der Waals surface area contributed by atoms with E-state index >= 15 is 0 Å². The minimum Gasteiger partial charge on any atom is -0.388 e. The SMILES string of the molecule is CC[C@H](O)c1ccc(N2CCCOC(C)C2)cc1. The van der Waals surface area contributed by atoms with Gasteiger partial charge in [0.2, 0.25) is 0 Å². The zero-order chi connectivity index (χ0) is 13.0. The summed E-state index contributed by atoms with van der Waals surface area (Å²) in [7, 11) is 0. The second-order valence-corrected chi connectivity index (χ2v) is 5.00. The molecule has 2 rings (SSSR count). The van der Waals surface area contributed by atoms with Crippen LogP contribution in [0.3, 0.4) is 0 Å². The molecule has 0 amide bonds. The Morgan fingerprint density at radius 2 is 2.11 bits per heavy atom. The molecule has 1 heterocycles. The molecule has 1 saturated heterocycles. The predicted molar refractivity (Wildman–Crippen MR) is 73.9 cm³/mol. The molecular weight excluding hydrogens is 226 g/mol. The molecule has 0 aromatic heterocycles. The average Bonchev–Trinajstić information content (AvgIpc) is 2.63. The first kappa shape index (κ1) is 13.4. The number of benzene rings is 1. The quantitative estimate of drug-likeness (QED) is 0.894. The van der Waals surface area contributed by atoms with Gasteiger partial charge in [0.05, 0.1) is 12.2 Å². The van der Waals surface area contributed by atoms with E-state index in [2.05, 4.69) is 24.0 Å². The van der Waals surface area contributed by atoms with Crippen molar-refractivity contribution >= 4 is 5.69 Å². The number of anilines is 1. The summed E-state index contributed by atoms with van der Waals surface area (Å²) in [6, 6.07) is 8.26. The Morgan fingerprint density at radius 1 is 1.39 bits per heavy atom. The Morgan fingerprint density at radius 3 is 2.78 bits per heavy atom. The molecule has 1 aromatic rings. The Bertz CT molecular complexity index is 363. The zero-order valence-electron chi connectivity index (χ0n) is 11.3. The van der Waals surface area contributed by atoms with Crippen LogP contribution in [0.1, 0.15) is 38.4 Å². The van der Waals surface area contributed by atoms with Crippen molar-refractivity contribution in [3.05, 3.63) is 29.8 Å². The molecule has 0 aliphatic carbocycles. The van der Waals surface area contributed by atoms with Gasteiger partial charge in [-0.1, -0.05) is 19.1 Å². The van der Waals surface area contributed by atoms with Gasteiger partial charge >= 0.3 is 0 Å². The van der Waals surface area contributed by atoms with E-state index in [1.54, 1.807) is 0 Å². The Labute approximate surface area is 109 Å². The second-order valence-electron chi connectivity index (χ2n) is 5.00. The lowest BCUT2D eigenvalue weighted by Crippen LogP contribution is -2.30. The maximum atomic E-state index is 9.78. The number of rotatable bonds is 3. The van der Waals surface area contributed by atoms with E-state index in [9.17, 15) is 5.11 Å².